The molecule has 0 aromatic heterocycles. The van der Waals surface area contributed by atoms with Crippen molar-refractivity contribution < 1.29 is 9.59 Å². The van der Waals surface area contributed by atoms with Crippen LogP contribution in [0.1, 0.15) is 39.7 Å². The van der Waals surface area contributed by atoms with E-state index in [-0.39, 0.29) is 17.2 Å². The summed E-state index contributed by atoms with van der Waals surface area (Å²) in [7, 11) is 0. The Hall–Kier alpha value is -1.53. The van der Waals surface area contributed by atoms with Crippen molar-refractivity contribution >= 4 is 23.6 Å². The molecule has 1 aromatic rings. The van der Waals surface area contributed by atoms with Gasteiger partial charge < -0.3 is 10.2 Å². The summed E-state index contributed by atoms with van der Waals surface area (Å²) in [6.45, 7) is 12.7. The van der Waals surface area contributed by atoms with Crippen molar-refractivity contribution in [3.8, 4) is 0 Å². The number of piperazine rings is 1. The molecule has 5 nitrogen and oxygen atoms in total. The maximum absolute atomic E-state index is 12.5. The second kappa shape index (κ2) is 10.1. The first-order valence-electron chi connectivity index (χ1n) is 9.79. The van der Waals surface area contributed by atoms with Crippen molar-refractivity contribution in [2.45, 2.75) is 44.4 Å². The quantitative estimate of drug-likeness (QED) is 0.726. The van der Waals surface area contributed by atoms with Gasteiger partial charge in [-0.3, -0.25) is 14.5 Å². The highest BCUT2D eigenvalue weighted by Crippen LogP contribution is 2.25. The summed E-state index contributed by atoms with van der Waals surface area (Å²) in [6, 6.07) is 8.50. The zero-order valence-electron chi connectivity index (χ0n) is 17.1. The third-order valence-corrected chi connectivity index (χ3v) is 5.74. The number of nitrogens with one attached hydrogen (secondary N) is 1. The Bertz CT molecular complexity index is 617. The molecule has 1 N–H and O–H groups in total. The molecule has 1 fully saturated rings. The zero-order chi connectivity index (χ0) is 19.9. The number of thioether (sulfide) groups is 1. The van der Waals surface area contributed by atoms with E-state index in [0.29, 0.717) is 25.4 Å². The fraction of sp³-hybridized carbons (Fsp3) is 0.619. The van der Waals surface area contributed by atoms with Crippen LogP contribution in [0.2, 0.25) is 0 Å². The average Bonchev–Trinajstić information content (AvgIpc) is 2.64. The molecule has 1 heterocycles. The molecular formula is C21H33N3O2S. The monoisotopic (exact) mass is 391 g/mol. The van der Waals surface area contributed by atoms with Gasteiger partial charge in [-0.25, -0.2) is 0 Å². The first-order chi connectivity index (χ1) is 12.8. The molecule has 0 unspecified atom stereocenters. The van der Waals surface area contributed by atoms with Gasteiger partial charge in [0.2, 0.25) is 11.8 Å². The van der Waals surface area contributed by atoms with E-state index < -0.39 is 0 Å². The van der Waals surface area contributed by atoms with Crippen LogP contribution < -0.4 is 5.32 Å². The second-order valence-corrected chi connectivity index (χ2v) is 9.12. The van der Waals surface area contributed by atoms with Gasteiger partial charge in [0.25, 0.3) is 0 Å². The van der Waals surface area contributed by atoms with Gasteiger partial charge in [-0.15, -0.1) is 11.8 Å². The lowest BCUT2D eigenvalue weighted by atomic mass is 9.87. The molecule has 27 heavy (non-hydrogen) atoms. The number of hydrogen-bond donors (Lipinski definition) is 1. The summed E-state index contributed by atoms with van der Waals surface area (Å²) in [5, 5.41) is 2.90. The van der Waals surface area contributed by atoms with Crippen LogP contribution in [0.15, 0.2) is 29.2 Å². The Morgan fingerprint density at radius 3 is 2.26 bits per heavy atom. The Labute approximate surface area is 167 Å². The van der Waals surface area contributed by atoms with Crippen LogP contribution in [0.5, 0.6) is 0 Å². The van der Waals surface area contributed by atoms with Gasteiger partial charge in [0, 0.05) is 37.6 Å². The summed E-state index contributed by atoms with van der Waals surface area (Å²) in [6.07, 6.45) is 0.949. The maximum Gasteiger partial charge on any atom is 0.234 e. The molecular weight excluding hydrogens is 358 g/mol. The normalized spacial score (nSPS) is 15.6. The van der Waals surface area contributed by atoms with Crippen LogP contribution in [0.4, 0.5) is 0 Å². The van der Waals surface area contributed by atoms with Gasteiger partial charge in [0.15, 0.2) is 0 Å². The van der Waals surface area contributed by atoms with E-state index in [2.05, 4.69) is 55.3 Å². The number of benzene rings is 1. The fourth-order valence-electron chi connectivity index (χ4n) is 2.97. The SMILES string of the molecule is CCCNC(=O)CN1CCN(C(=O)CSc2ccc(C(C)(C)C)cc2)CC1. The highest BCUT2D eigenvalue weighted by atomic mass is 32.2. The Balaban J connectivity index is 1.72. The fourth-order valence-corrected chi connectivity index (χ4v) is 3.77. The van der Waals surface area contributed by atoms with Crippen LogP contribution in [0, 0.1) is 0 Å². The lowest BCUT2D eigenvalue weighted by Crippen LogP contribution is -2.51. The van der Waals surface area contributed by atoms with E-state index in [9.17, 15) is 9.59 Å². The molecule has 0 spiro atoms. The van der Waals surface area contributed by atoms with Crippen LogP contribution in [0.3, 0.4) is 0 Å². The molecule has 1 aliphatic heterocycles. The third kappa shape index (κ3) is 7.18. The lowest BCUT2D eigenvalue weighted by molar-refractivity contribution is -0.130. The largest absolute Gasteiger partial charge is 0.355 e. The second-order valence-electron chi connectivity index (χ2n) is 8.07. The minimum absolute atomic E-state index is 0.0749. The average molecular weight is 392 g/mol. The Kier molecular flexibility index (Phi) is 8.17. The van der Waals surface area contributed by atoms with Crippen molar-refractivity contribution in [1.82, 2.24) is 15.1 Å². The number of hydrogen-bond acceptors (Lipinski definition) is 4. The predicted octanol–water partition coefficient (Wildman–Crippen LogP) is 2.75. The predicted molar refractivity (Wildman–Crippen MR) is 112 cm³/mol. The summed E-state index contributed by atoms with van der Waals surface area (Å²) >= 11 is 1.59. The molecule has 1 saturated heterocycles. The molecule has 0 atom stereocenters. The van der Waals surface area contributed by atoms with Crippen LogP contribution in [-0.2, 0) is 15.0 Å². The third-order valence-electron chi connectivity index (χ3n) is 4.75. The molecule has 0 bridgehead atoms. The number of amides is 2. The van der Waals surface area contributed by atoms with E-state index in [1.807, 2.05) is 11.8 Å². The summed E-state index contributed by atoms with van der Waals surface area (Å²) in [5.41, 5.74) is 1.45. The highest BCUT2D eigenvalue weighted by Gasteiger charge is 2.22. The molecule has 0 saturated carbocycles. The minimum atomic E-state index is 0.0749. The van der Waals surface area contributed by atoms with Crippen LogP contribution in [0.25, 0.3) is 0 Å². The van der Waals surface area contributed by atoms with Crippen molar-refractivity contribution in [2.24, 2.45) is 0 Å². The summed E-state index contributed by atoms with van der Waals surface area (Å²) in [4.78, 5) is 29.4. The van der Waals surface area contributed by atoms with Gasteiger partial charge in [0.05, 0.1) is 12.3 Å². The molecule has 0 aliphatic carbocycles. The van der Waals surface area contributed by atoms with Gasteiger partial charge in [0.1, 0.15) is 0 Å². The van der Waals surface area contributed by atoms with Gasteiger partial charge in [-0.2, -0.15) is 0 Å². The molecule has 2 rings (SSSR count). The number of nitrogens with zero attached hydrogens (tertiary/aromatic N) is 2. The topological polar surface area (TPSA) is 52.7 Å². The van der Waals surface area contributed by atoms with E-state index in [4.69, 9.17) is 0 Å². The van der Waals surface area contributed by atoms with Crippen molar-refractivity contribution in [2.75, 3.05) is 45.0 Å². The molecule has 6 heteroatoms. The van der Waals surface area contributed by atoms with Crippen LogP contribution >= 0.6 is 11.8 Å². The van der Waals surface area contributed by atoms with Crippen molar-refractivity contribution in [1.29, 1.82) is 0 Å². The van der Waals surface area contributed by atoms with E-state index in [0.717, 1.165) is 31.0 Å². The Morgan fingerprint density at radius 2 is 1.70 bits per heavy atom. The van der Waals surface area contributed by atoms with Gasteiger partial charge in [-0.1, -0.05) is 39.8 Å². The van der Waals surface area contributed by atoms with E-state index >= 15 is 0 Å². The van der Waals surface area contributed by atoms with Gasteiger partial charge >= 0.3 is 0 Å². The number of rotatable bonds is 7. The van der Waals surface area contributed by atoms with Crippen LogP contribution in [-0.4, -0.2) is 66.6 Å². The van der Waals surface area contributed by atoms with E-state index in [1.54, 1.807) is 11.8 Å². The maximum atomic E-state index is 12.5. The van der Waals surface area contributed by atoms with Crippen molar-refractivity contribution in [3.63, 3.8) is 0 Å². The number of carbonyl (C=O) groups is 2. The molecule has 1 aliphatic rings. The lowest BCUT2D eigenvalue weighted by Gasteiger charge is -2.34. The smallest absolute Gasteiger partial charge is 0.234 e. The number of carbonyl (C=O) groups excluding carboxylic acids is 2. The zero-order valence-corrected chi connectivity index (χ0v) is 17.9. The van der Waals surface area contributed by atoms with Crippen molar-refractivity contribution in [3.05, 3.63) is 29.8 Å². The summed E-state index contributed by atoms with van der Waals surface area (Å²) < 4.78 is 0. The highest BCUT2D eigenvalue weighted by molar-refractivity contribution is 8.00. The Morgan fingerprint density at radius 1 is 1.07 bits per heavy atom. The standard InChI is InChI=1S/C21H33N3O2S/c1-5-10-22-19(25)15-23-11-13-24(14-12-23)20(26)16-27-18-8-6-17(7-9-18)21(2,3)4/h6-9H,5,10-16H2,1-4H3,(H,22,25). The molecule has 1 aromatic carbocycles. The minimum Gasteiger partial charge on any atom is -0.355 e. The first kappa shape index (κ1) is 21.8. The van der Waals surface area contributed by atoms with E-state index in [1.165, 1.54) is 5.56 Å². The summed E-state index contributed by atoms with van der Waals surface area (Å²) in [5.74, 6) is 0.715. The van der Waals surface area contributed by atoms with Gasteiger partial charge in [-0.05, 0) is 29.5 Å². The molecule has 2 amide bonds. The molecule has 0 radical (unpaired) electrons. The first-order valence-corrected chi connectivity index (χ1v) is 10.8. The molecule has 150 valence electrons.